The van der Waals surface area contributed by atoms with Gasteiger partial charge in [-0.1, -0.05) is 28.9 Å². The molecule has 0 spiro atoms. The van der Waals surface area contributed by atoms with Gasteiger partial charge in [0.25, 0.3) is 0 Å². The molecule has 0 aliphatic heterocycles. The predicted octanol–water partition coefficient (Wildman–Crippen LogP) is 2.86. The Morgan fingerprint density at radius 2 is 2.36 bits per heavy atom. The smallest absolute Gasteiger partial charge is 0.128 e. The van der Waals surface area contributed by atoms with Crippen LogP contribution in [0.3, 0.4) is 0 Å². The molecule has 0 bridgehead atoms. The Morgan fingerprint density at radius 1 is 1.64 bits per heavy atom. The van der Waals surface area contributed by atoms with Crippen LogP contribution in [0.25, 0.3) is 0 Å². The van der Waals surface area contributed by atoms with Gasteiger partial charge in [-0.3, -0.25) is 0 Å². The lowest BCUT2D eigenvalue weighted by atomic mass is 9.95. The minimum atomic E-state index is -0.183. The molecule has 2 atom stereocenters. The standard InChI is InChI=1S/C11H12BrFO/c1-11(5-7(11)6-14)9-3-2-8(12)4-10(9)13/h2-4,7,14H,5-6H2,1H3. The van der Waals surface area contributed by atoms with Gasteiger partial charge < -0.3 is 5.11 Å². The Bertz CT molecular complexity index is 366. The second-order valence-electron chi connectivity index (χ2n) is 4.13. The number of benzene rings is 1. The van der Waals surface area contributed by atoms with Crippen LogP contribution in [-0.2, 0) is 5.41 Å². The highest BCUT2D eigenvalue weighted by molar-refractivity contribution is 9.10. The van der Waals surface area contributed by atoms with E-state index in [0.717, 1.165) is 16.5 Å². The molecule has 1 aromatic rings. The van der Waals surface area contributed by atoms with E-state index >= 15 is 0 Å². The molecule has 3 heteroatoms. The number of aliphatic hydroxyl groups excluding tert-OH is 1. The van der Waals surface area contributed by atoms with E-state index in [9.17, 15) is 4.39 Å². The van der Waals surface area contributed by atoms with Crippen LogP contribution in [0.4, 0.5) is 4.39 Å². The van der Waals surface area contributed by atoms with Gasteiger partial charge in [0, 0.05) is 16.5 Å². The number of aliphatic hydroxyl groups is 1. The van der Waals surface area contributed by atoms with Crippen LogP contribution in [-0.4, -0.2) is 11.7 Å². The summed E-state index contributed by atoms with van der Waals surface area (Å²) in [5.41, 5.74) is 0.569. The molecule has 0 aromatic heterocycles. The molecule has 0 heterocycles. The van der Waals surface area contributed by atoms with Crippen molar-refractivity contribution in [3.63, 3.8) is 0 Å². The Hall–Kier alpha value is -0.410. The van der Waals surface area contributed by atoms with Crippen LogP contribution in [0.15, 0.2) is 22.7 Å². The van der Waals surface area contributed by atoms with Crippen molar-refractivity contribution < 1.29 is 9.50 Å². The van der Waals surface area contributed by atoms with E-state index in [1.807, 2.05) is 13.0 Å². The summed E-state index contributed by atoms with van der Waals surface area (Å²) in [5.74, 6) is 0.0380. The molecule has 1 N–H and O–H groups in total. The molecule has 0 radical (unpaired) electrons. The number of hydrogen-bond acceptors (Lipinski definition) is 1. The lowest BCUT2D eigenvalue weighted by Gasteiger charge is -2.12. The third kappa shape index (κ3) is 1.48. The highest BCUT2D eigenvalue weighted by atomic mass is 79.9. The topological polar surface area (TPSA) is 20.2 Å². The maximum Gasteiger partial charge on any atom is 0.128 e. The van der Waals surface area contributed by atoms with Crippen LogP contribution in [0.1, 0.15) is 18.9 Å². The van der Waals surface area contributed by atoms with E-state index < -0.39 is 0 Å². The van der Waals surface area contributed by atoms with Gasteiger partial charge in [-0.2, -0.15) is 0 Å². The summed E-state index contributed by atoms with van der Waals surface area (Å²) in [6, 6.07) is 5.12. The second kappa shape index (κ2) is 3.31. The molecule has 76 valence electrons. The summed E-state index contributed by atoms with van der Waals surface area (Å²) in [6.45, 7) is 2.15. The van der Waals surface area contributed by atoms with Crippen molar-refractivity contribution >= 4 is 15.9 Å². The molecule has 0 saturated heterocycles. The van der Waals surface area contributed by atoms with Gasteiger partial charge in [0.05, 0.1) is 0 Å². The van der Waals surface area contributed by atoms with Crippen molar-refractivity contribution in [3.8, 4) is 0 Å². The van der Waals surface area contributed by atoms with Crippen molar-refractivity contribution in [3.05, 3.63) is 34.1 Å². The fourth-order valence-electron chi connectivity index (χ4n) is 2.00. The van der Waals surface area contributed by atoms with Crippen LogP contribution >= 0.6 is 15.9 Å². The highest BCUT2D eigenvalue weighted by Crippen LogP contribution is 2.54. The molecule has 1 nitrogen and oxygen atoms in total. The summed E-state index contributed by atoms with van der Waals surface area (Å²) in [6.07, 6.45) is 0.877. The zero-order valence-corrected chi connectivity index (χ0v) is 9.51. The summed E-state index contributed by atoms with van der Waals surface area (Å²) < 4.78 is 14.3. The van der Waals surface area contributed by atoms with E-state index in [-0.39, 0.29) is 23.8 Å². The fourth-order valence-corrected chi connectivity index (χ4v) is 2.33. The molecule has 2 rings (SSSR count). The molecular formula is C11H12BrFO. The van der Waals surface area contributed by atoms with Crippen molar-refractivity contribution in [1.82, 2.24) is 0 Å². The van der Waals surface area contributed by atoms with Crippen molar-refractivity contribution in [2.24, 2.45) is 5.92 Å². The Balaban J connectivity index is 2.34. The van der Waals surface area contributed by atoms with Crippen molar-refractivity contribution in [1.29, 1.82) is 0 Å². The molecule has 1 saturated carbocycles. The van der Waals surface area contributed by atoms with Gasteiger partial charge in [0.1, 0.15) is 5.82 Å². The molecule has 14 heavy (non-hydrogen) atoms. The lowest BCUT2D eigenvalue weighted by molar-refractivity contribution is 0.265. The molecule has 0 amide bonds. The molecule has 2 unspecified atom stereocenters. The third-order valence-corrected chi connectivity index (χ3v) is 3.67. The molecule has 1 aliphatic carbocycles. The zero-order valence-electron chi connectivity index (χ0n) is 7.93. The maximum absolute atomic E-state index is 13.6. The Labute approximate surface area is 91.1 Å². The summed E-state index contributed by atoms with van der Waals surface area (Å²) in [7, 11) is 0. The first-order chi connectivity index (χ1) is 6.58. The van der Waals surface area contributed by atoms with Gasteiger partial charge in [-0.05, 0) is 30.0 Å². The molecule has 1 aromatic carbocycles. The van der Waals surface area contributed by atoms with E-state index in [2.05, 4.69) is 15.9 Å². The molecular weight excluding hydrogens is 247 g/mol. The highest BCUT2D eigenvalue weighted by Gasteiger charge is 2.51. The molecule has 1 fully saturated rings. The second-order valence-corrected chi connectivity index (χ2v) is 5.04. The normalized spacial score (nSPS) is 30.4. The van der Waals surface area contributed by atoms with E-state index in [1.54, 1.807) is 6.07 Å². The molecule has 1 aliphatic rings. The third-order valence-electron chi connectivity index (χ3n) is 3.18. The number of hydrogen-bond donors (Lipinski definition) is 1. The Morgan fingerprint density at radius 3 is 2.86 bits per heavy atom. The first kappa shape index (κ1) is 10.1. The van der Waals surface area contributed by atoms with Crippen molar-refractivity contribution in [2.75, 3.05) is 6.61 Å². The predicted molar refractivity (Wildman–Crippen MR) is 56.6 cm³/mol. The minimum Gasteiger partial charge on any atom is -0.396 e. The number of halogens is 2. The lowest BCUT2D eigenvalue weighted by Crippen LogP contribution is -2.09. The minimum absolute atomic E-state index is 0.145. The fraction of sp³-hybridized carbons (Fsp3) is 0.455. The van der Waals surface area contributed by atoms with Crippen LogP contribution in [0, 0.1) is 11.7 Å². The van der Waals surface area contributed by atoms with Gasteiger partial charge in [0.2, 0.25) is 0 Å². The quantitative estimate of drug-likeness (QED) is 0.865. The average molecular weight is 259 g/mol. The SMILES string of the molecule is CC1(c2ccc(Br)cc2F)CC1CO. The van der Waals surface area contributed by atoms with Gasteiger partial charge >= 0.3 is 0 Å². The van der Waals surface area contributed by atoms with Crippen LogP contribution < -0.4 is 0 Å². The first-order valence-corrected chi connectivity index (χ1v) is 5.43. The monoisotopic (exact) mass is 258 g/mol. The van der Waals surface area contributed by atoms with E-state index in [1.165, 1.54) is 6.07 Å². The van der Waals surface area contributed by atoms with Gasteiger partial charge in [-0.25, -0.2) is 4.39 Å². The summed E-state index contributed by atoms with van der Waals surface area (Å²) in [4.78, 5) is 0. The summed E-state index contributed by atoms with van der Waals surface area (Å²) >= 11 is 3.23. The largest absolute Gasteiger partial charge is 0.396 e. The van der Waals surface area contributed by atoms with Crippen LogP contribution in [0.5, 0.6) is 0 Å². The van der Waals surface area contributed by atoms with Gasteiger partial charge in [-0.15, -0.1) is 0 Å². The van der Waals surface area contributed by atoms with Gasteiger partial charge in [0.15, 0.2) is 0 Å². The first-order valence-electron chi connectivity index (χ1n) is 4.64. The van der Waals surface area contributed by atoms with E-state index in [0.29, 0.717) is 0 Å². The average Bonchev–Trinajstić information content (AvgIpc) is 2.77. The maximum atomic E-state index is 13.6. The van der Waals surface area contributed by atoms with E-state index in [4.69, 9.17) is 5.11 Å². The van der Waals surface area contributed by atoms with Crippen molar-refractivity contribution in [2.45, 2.75) is 18.8 Å². The zero-order chi connectivity index (χ0) is 10.3. The van der Waals surface area contributed by atoms with Crippen LogP contribution in [0.2, 0.25) is 0 Å². The Kier molecular flexibility index (Phi) is 2.40. The summed E-state index contributed by atoms with van der Waals surface area (Å²) in [5, 5.41) is 9.02. The number of rotatable bonds is 2.